The van der Waals surface area contributed by atoms with Gasteiger partial charge in [-0.2, -0.15) is 0 Å². The van der Waals surface area contributed by atoms with Crippen LogP contribution < -0.4 is 5.32 Å². The first-order chi connectivity index (χ1) is 6.03. The fourth-order valence-electron chi connectivity index (χ4n) is 1.51. The maximum Gasteiger partial charge on any atom is 0.224 e. The third kappa shape index (κ3) is 2.97. The summed E-state index contributed by atoms with van der Waals surface area (Å²) >= 11 is 0. The number of hydrogen-bond acceptors (Lipinski definition) is 3. The third-order valence-electron chi connectivity index (χ3n) is 2.51. The van der Waals surface area contributed by atoms with Crippen molar-refractivity contribution in [3.05, 3.63) is 0 Å². The molecule has 4 nitrogen and oxygen atoms in total. The van der Waals surface area contributed by atoms with Gasteiger partial charge in [-0.25, -0.2) is 0 Å². The van der Waals surface area contributed by atoms with E-state index in [9.17, 15) is 9.90 Å². The van der Waals surface area contributed by atoms with E-state index in [0.29, 0.717) is 12.8 Å². The lowest BCUT2D eigenvalue weighted by Crippen LogP contribution is -2.45. The van der Waals surface area contributed by atoms with Crippen molar-refractivity contribution in [3.63, 3.8) is 0 Å². The van der Waals surface area contributed by atoms with Gasteiger partial charge in [-0.05, 0) is 25.9 Å². The van der Waals surface area contributed by atoms with E-state index in [-0.39, 0.29) is 12.3 Å². The molecule has 0 aromatic rings. The smallest absolute Gasteiger partial charge is 0.224 e. The molecule has 1 fully saturated rings. The number of nitrogens with zero attached hydrogens (tertiary/aromatic N) is 1. The largest absolute Gasteiger partial charge is 0.389 e. The zero-order chi connectivity index (χ0) is 9.90. The van der Waals surface area contributed by atoms with Crippen molar-refractivity contribution in [3.8, 4) is 0 Å². The predicted octanol–water partition coefficient (Wildman–Crippen LogP) is -0.421. The number of rotatable bonds is 2. The molecule has 4 heteroatoms. The summed E-state index contributed by atoms with van der Waals surface area (Å²) in [5.41, 5.74) is -0.771. The summed E-state index contributed by atoms with van der Waals surface area (Å²) in [7, 11) is 3.43. The molecule has 0 spiro atoms. The Kier molecular flexibility index (Phi) is 3.27. The van der Waals surface area contributed by atoms with Crippen LogP contribution in [0.15, 0.2) is 0 Å². The highest BCUT2D eigenvalue weighted by atomic mass is 16.3. The second-order valence-electron chi connectivity index (χ2n) is 3.94. The van der Waals surface area contributed by atoms with Gasteiger partial charge in [0.2, 0.25) is 5.91 Å². The Balaban J connectivity index is 2.45. The number of amides is 1. The van der Waals surface area contributed by atoms with Gasteiger partial charge >= 0.3 is 0 Å². The van der Waals surface area contributed by atoms with Crippen LogP contribution in [0.25, 0.3) is 0 Å². The van der Waals surface area contributed by atoms with E-state index < -0.39 is 5.60 Å². The minimum atomic E-state index is -0.771. The minimum Gasteiger partial charge on any atom is -0.389 e. The van der Waals surface area contributed by atoms with E-state index in [1.165, 1.54) is 4.90 Å². The van der Waals surface area contributed by atoms with Crippen LogP contribution in [-0.2, 0) is 4.79 Å². The summed E-state index contributed by atoms with van der Waals surface area (Å²) in [4.78, 5) is 12.9. The van der Waals surface area contributed by atoms with Crippen molar-refractivity contribution in [1.82, 2.24) is 10.2 Å². The number of carbonyl (C=O) groups is 1. The molecule has 1 aliphatic heterocycles. The highest BCUT2D eigenvalue weighted by molar-refractivity contribution is 5.76. The second kappa shape index (κ2) is 4.07. The first-order valence-electron chi connectivity index (χ1n) is 4.67. The van der Waals surface area contributed by atoms with Gasteiger partial charge in [0.25, 0.3) is 0 Å². The number of piperidine rings is 1. The molecule has 0 aromatic carbocycles. The van der Waals surface area contributed by atoms with Crippen molar-refractivity contribution in [2.75, 3.05) is 27.2 Å². The van der Waals surface area contributed by atoms with Gasteiger partial charge < -0.3 is 15.3 Å². The molecule has 1 saturated heterocycles. The SMILES string of the molecule is CN(C)C(=O)CC1(O)CCNCC1. The van der Waals surface area contributed by atoms with Crippen LogP contribution in [0.2, 0.25) is 0 Å². The van der Waals surface area contributed by atoms with Crippen molar-refractivity contribution >= 4 is 5.91 Å². The highest BCUT2D eigenvalue weighted by Crippen LogP contribution is 2.22. The van der Waals surface area contributed by atoms with Gasteiger partial charge in [-0.3, -0.25) is 4.79 Å². The topological polar surface area (TPSA) is 52.6 Å². The molecule has 13 heavy (non-hydrogen) atoms. The molecule has 0 saturated carbocycles. The molecular weight excluding hydrogens is 168 g/mol. The fraction of sp³-hybridized carbons (Fsp3) is 0.889. The summed E-state index contributed by atoms with van der Waals surface area (Å²) in [5, 5.41) is 13.2. The zero-order valence-electron chi connectivity index (χ0n) is 8.34. The molecule has 1 amide bonds. The van der Waals surface area contributed by atoms with E-state index in [4.69, 9.17) is 0 Å². The van der Waals surface area contributed by atoms with E-state index in [1.54, 1.807) is 14.1 Å². The molecule has 1 heterocycles. The summed E-state index contributed by atoms with van der Waals surface area (Å²) in [6.45, 7) is 1.61. The quantitative estimate of drug-likeness (QED) is 0.616. The lowest BCUT2D eigenvalue weighted by atomic mass is 9.89. The molecule has 0 atom stereocenters. The second-order valence-corrected chi connectivity index (χ2v) is 3.94. The molecule has 0 unspecified atom stereocenters. The van der Waals surface area contributed by atoms with Crippen LogP contribution >= 0.6 is 0 Å². The Hall–Kier alpha value is -0.610. The average molecular weight is 186 g/mol. The summed E-state index contributed by atoms with van der Waals surface area (Å²) in [5.74, 6) is 0.00407. The van der Waals surface area contributed by atoms with Crippen LogP contribution in [0, 0.1) is 0 Å². The minimum absolute atomic E-state index is 0.00407. The molecule has 0 aliphatic carbocycles. The van der Waals surface area contributed by atoms with Gasteiger partial charge in [0.05, 0.1) is 12.0 Å². The Morgan fingerprint density at radius 1 is 1.46 bits per heavy atom. The normalized spacial score (nSPS) is 21.2. The average Bonchev–Trinajstić information content (AvgIpc) is 2.04. The summed E-state index contributed by atoms with van der Waals surface area (Å²) in [6.07, 6.45) is 1.60. The maximum absolute atomic E-state index is 11.4. The first kappa shape index (κ1) is 10.5. The fourth-order valence-corrected chi connectivity index (χ4v) is 1.51. The monoisotopic (exact) mass is 186 g/mol. The molecule has 1 rings (SSSR count). The number of aliphatic hydroxyl groups is 1. The number of carbonyl (C=O) groups excluding carboxylic acids is 1. The molecule has 0 aromatic heterocycles. The van der Waals surface area contributed by atoms with Crippen molar-refractivity contribution < 1.29 is 9.90 Å². The van der Waals surface area contributed by atoms with E-state index >= 15 is 0 Å². The van der Waals surface area contributed by atoms with Gasteiger partial charge in [0.1, 0.15) is 0 Å². The van der Waals surface area contributed by atoms with Gasteiger partial charge in [0.15, 0.2) is 0 Å². The Morgan fingerprint density at radius 3 is 2.46 bits per heavy atom. The zero-order valence-corrected chi connectivity index (χ0v) is 8.34. The van der Waals surface area contributed by atoms with E-state index in [0.717, 1.165) is 13.1 Å². The molecule has 0 bridgehead atoms. The van der Waals surface area contributed by atoms with E-state index in [2.05, 4.69) is 5.32 Å². The maximum atomic E-state index is 11.4. The van der Waals surface area contributed by atoms with Gasteiger partial charge in [-0.15, -0.1) is 0 Å². The molecule has 1 aliphatic rings. The lowest BCUT2D eigenvalue weighted by molar-refractivity contribution is -0.134. The Morgan fingerprint density at radius 2 is 2.00 bits per heavy atom. The number of hydrogen-bond donors (Lipinski definition) is 2. The first-order valence-corrected chi connectivity index (χ1v) is 4.67. The van der Waals surface area contributed by atoms with Crippen LogP contribution in [-0.4, -0.2) is 48.7 Å². The standard InChI is InChI=1S/C9H18N2O2/c1-11(2)8(12)7-9(13)3-5-10-6-4-9/h10,13H,3-7H2,1-2H3. The van der Waals surface area contributed by atoms with Crippen molar-refractivity contribution in [2.45, 2.75) is 24.9 Å². The highest BCUT2D eigenvalue weighted by Gasteiger charge is 2.31. The van der Waals surface area contributed by atoms with Crippen molar-refractivity contribution in [1.29, 1.82) is 0 Å². The molecule has 0 radical (unpaired) electrons. The van der Waals surface area contributed by atoms with Crippen molar-refractivity contribution in [2.24, 2.45) is 0 Å². The number of nitrogens with one attached hydrogen (secondary N) is 1. The summed E-state index contributed by atoms with van der Waals surface area (Å²) < 4.78 is 0. The van der Waals surface area contributed by atoms with Crippen LogP contribution in [0.1, 0.15) is 19.3 Å². The Labute approximate surface area is 78.9 Å². The van der Waals surface area contributed by atoms with Crippen LogP contribution in [0.3, 0.4) is 0 Å². The Bertz CT molecular complexity index is 186. The predicted molar refractivity (Wildman–Crippen MR) is 50.4 cm³/mol. The van der Waals surface area contributed by atoms with Crippen LogP contribution in [0.4, 0.5) is 0 Å². The molecular formula is C9H18N2O2. The van der Waals surface area contributed by atoms with Gasteiger partial charge in [-0.1, -0.05) is 0 Å². The molecule has 2 N–H and O–H groups in total. The third-order valence-corrected chi connectivity index (χ3v) is 2.51. The van der Waals surface area contributed by atoms with E-state index in [1.807, 2.05) is 0 Å². The van der Waals surface area contributed by atoms with Crippen LogP contribution in [0.5, 0.6) is 0 Å². The lowest BCUT2D eigenvalue weighted by Gasteiger charge is -2.32. The summed E-state index contributed by atoms with van der Waals surface area (Å²) in [6, 6.07) is 0. The van der Waals surface area contributed by atoms with Gasteiger partial charge in [0, 0.05) is 14.1 Å². The molecule has 76 valence electrons.